The Morgan fingerprint density at radius 1 is 1.11 bits per heavy atom. The van der Waals surface area contributed by atoms with E-state index in [9.17, 15) is 0 Å². The molecule has 5 rings (SSSR count). The molecule has 0 aliphatic carbocycles. The first-order chi connectivity index (χ1) is 16.9. The lowest BCUT2D eigenvalue weighted by atomic mass is 10.1. The molecule has 1 aliphatic rings. The average Bonchev–Trinajstić information content (AvgIpc) is 3.47. The molecule has 0 radical (unpaired) electrons. The number of nitrogens with zero attached hydrogens (tertiary/aromatic N) is 2. The Morgan fingerprint density at radius 2 is 1.91 bits per heavy atom. The van der Waals surface area contributed by atoms with Crippen molar-refractivity contribution in [3.8, 4) is 11.3 Å². The van der Waals surface area contributed by atoms with Crippen molar-refractivity contribution in [2.45, 2.75) is 18.9 Å². The summed E-state index contributed by atoms with van der Waals surface area (Å²) in [7, 11) is 4.13. The van der Waals surface area contributed by atoms with E-state index in [4.69, 9.17) is 23.2 Å². The van der Waals surface area contributed by atoms with Gasteiger partial charge in [0.2, 0.25) is 0 Å². The molecule has 1 saturated heterocycles. The maximum atomic E-state index is 6.33. The lowest BCUT2D eigenvalue weighted by Crippen LogP contribution is -2.41. The van der Waals surface area contributed by atoms with Gasteiger partial charge in [-0.3, -0.25) is 4.68 Å². The van der Waals surface area contributed by atoms with Crippen LogP contribution in [0.15, 0.2) is 60.9 Å². The van der Waals surface area contributed by atoms with Gasteiger partial charge in [0.15, 0.2) is 0 Å². The van der Waals surface area contributed by atoms with Crippen molar-refractivity contribution >= 4 is 50.0 Å². The van der Waals surface area contributed by atoms with Crippen LogP contribution >= 0.6 is 33.7 Å². The summed E-state index contributed by atoms with van der Waals surface area (Å²) >= 11 is 12.5. The number of likely N-dealkylation sites (N-methyl/N-ethyl adjacent to an activating group) is 1. The molecule has 1 atom stereocenters. The summed E-state index contributed by atoms with van der Waals surface area (Å²) in [4.78, 5) is 3.12. The third kappa shape index (κ3) is 8.23. The Bertz CT molecular complexity index is 1190. The first-order valence-electron chi connectivity index (χ1n) is 11.7. The minimum atomic E-state index is 0.246. The molecule has 35 heavy (non-hydrogen) atoms. The average molecular weight is 533 g/mol. The third-order valence-corrected chi connectivity index (χ3v) is 7.01. The highest BCUT2D eigenvalue weighted by molar-refractivity contribution is 8.14. The van der Waals surface area contributed by atoms with E-state index in [0.29, 0.717) is 10.0 Å². The molecule has 3 N–H and O–H groups in total. The summed E-state index contributed by atoms with van der Waals surface area (Å²) in [6.45, 7) is 2.36. The molecular weight excluding hydrogens is 497 g/mol. The van der Waals surface area contributed by atoms with Crippen LogP contribution in [0.5, 0.6) is 0 Å². The van der Waals surface area contributed by atoms with E-state index in [1.54, 1.807) is 10.9 Å². The van der Waals surface area contributed by atoms with Gasteiger partial charge in [-0.25, -0.2) is 0 Å². The number of piperidine rings is 1. The number of hydrogen-bond donors (Lipinski definition) is 3. The highest BCUT2D eigenvalue weighted by Gasteiger charge is 2.12. The number of para-hydroxylation sites is 1. The minimum Gasteiger partial charge on any atom is -0.361 e. The van der Waals surface area contributed by atoms with E-state index in [1.165, 1.54) is 30.3 Å². The van der Waals surface area contributed by atoms with Crippen molar-refractivity contribution in [3.05, 3.63) is 76.5 Å². The molecule has 0 spiro atoms. The van der Waals surface area contributed by atoms with Crippen molar-refractivity contribution in [2.75, 3.05) is 32.6 Å². The van der Waals surface area contributed by atoms with Crippen LogP contribution in [0, 0.1) is 0 Å². The fraction of sp³-hybridized carbons (Fsp3) is 0.333. The Kier molecular flexibility index (Phi) is 10.9. The molecule has 1 unspecified atom stereocenters. The van der Waals surface area contributed by atoms with Crippen LogP contribution in [0.2, 0.25) is 10.0 Å². The molecular formula is C27H35Cl2N5S. The molecule has 0 bridgehead atoms. The SMILES string of the molecule is CNC1CCCNC1.Cn1ncc(Cl)c1-c1ccc(C=S(C)C)cc1Cl.c1ccc2[nH]ccc2c1. The predicted octanol–water partition coefficient (Wildman–Crippen LogP) is 6.20. The number of benzene rings is 2. The summed E-state index contributed by atoms with van der Waals surface area (Å²) < 4.78 is 1.73. The monoisotopic (exact) mass is 531 g/mol. The van der Waals surface area contributed by atoms with Gasteiger partial charge in [0.1, 0.15) is 0 Å². The van der Waals surface area contributed by atoms with Crippen molar-refractivity contribution < 1.29 is 0 Å². The van der Waals surface area contributed by atoms with Crippen molar-refractivity contribution in [1.29, 1.82) is 0 Å². The smallest absolute Gasteiger partial charge is 0.0880 e. The summed E-state index contributed by atoms with van der Waals surface area (Å²) in [6, 6.07) is 17.0. The number of aromatic amines is 1. The van der Waals surface area contributed by atoms with E-state index in [2.05, 4.69) is 62.9 Å². The third-order valence-electron chi connectivity index (χ3n) is 5.68. The number of fused-ring (bicyclic) bond motifs is 1. The quantitative estimate of drug-likeness (QED) is 0.276. The number of H-pyrrole nitrogens is 1. The van der Waals surface area contributed by atoms with Crippen molar-refractivity contribution in [3.63, 3.8) is 0 Å². The lowest BCUT2D eigenvalue weighted by Gasteiger charge is -2.21. The highest BCUT2D eigenvalue weighted by Crippen LogP contribution is 2.33. The zero-order valence-electron chi connectivity index (χ0n) is 20.8. The number of hydrogen-bond acceptors (Lipinski definition) is 3. The van der Waals surface area contributed by atoms with Gasteiger partial charge in [-0.05, 0) is 73.5 Å². The zero-order chi connectivity index (χ0) is 25.2. The molecule has 8 heteroatoms. The van der Waals surface area contributed by atoms with E-state index >= 15 is 0 Å². The molecule has 1 aliphatic heterocycles. The Hall–Kier alpha value is -2.09. The van der Waals surface area contributed by atoms with Crippen LogP contribution in [0.4, 0.5) is 0 Å². The number of aryl methyl sites for hydroxylation is 1. The Morgan fingerprint density at radius 3 is 2.49 bits per heavy atom. The van der Waals surface area contributed by atoms with Gasteiger partial charge in [-0.15, -0.1) is 0 Å². The second-order valence-electron chi connectivity index (χ2n) is 8.60. The molecule has 2 aromatic heterocycles. The van der Waals surface area contributed by atoms with E-state index in [-0.39, 0.29) is 10.5 Å². The normalized spacial score (nSPS) is 15.2. The maximum absolute atomic E-state index is 6.33. The van der Waals surface area contributed by atoms with E-state index in [1.807, 2.05) is 44.6 Å². The first-order valence-corrected chi connectivity index (χ1v) is 14.5. The van der Waals surface area contributed by atoms with Crippen molar-refractivity contribution in [2.24, 2.45) is 7.05 Å². The molecule has 1 fully saturated rings. The number of nitrogens with one attached hydrogen (secondary N) is 3. The molecule has 4 aromatic rings. The van der Waals surface area contributed by atoms with E-state index < -0.39 is 0 Å². The molecule has 5 nitrogen and oxygen atoms in total. The maximum Gasteiger partial charge on any atom is 0.0880 e. The largest absolute Gasteiger partial charge is 0.361 e. The molecule has 3 heterocycles. The van der Waals surface area contributed by atoms with E-state index in [0.717, 1.165) is 29.4 Å². The van der Waals surface area contributed by atoms with Gasteiger partial charge in [0, 0.05) is 36.9 Å². The Balaban J connectivity index is 0.000000166. The highest BCUT2D eigenvalue weighted by atomic mass is 35.5. The van der Waals surface area contributed by atoms with Crippen LogP contribution < -0.4 is 10.6 Å². The molecule has 188 valence electrons. The van der Waals surface area contributed by atoms with Gasteiger partial charge in [0.25, 0.3) is 0 Å². The van der Waals surface area contributed by atoms with Gasteiger partial charge in [-0.2, -0.15) is 15.6 Å². The summed E-state index contributed by atoms with van der Waals surface area (Å²) in [5.74, 6) is 0. The topological polar surface area (TPSA) is 57.7 Å². The standard InChI is InChI=1S/C13H14Cl2N2S.C8H7N.C6H14N2/c1-17-13(12(15)7-16-17)10-5-4-9(6-11(10)14)8-18(2)3;1-2-4-8-7(3-1)5-6-9-8;1-7-6-3-2-4-8-5-6/h4-8H,1-3H3;1-6,9H;6-8H,2-5H2,1H3. The van der Waals surface area contributed by atoms with Crippen LogP contribution in [0.25, 0.3) is 22.2 Å². The van der Waals surface area contributed by atoms with Crippen LogP contribution in [0.1, 0.15) is 18.4 Å². The number of aromatic nitrogens is 3. The predicted molar refractivity (Wildman–Crippen MR) is 157 cm³/mol. The summed E-state index contributed by atoms with van der Waals surface area (Å²) in [6.07, 6.45) is 10.6. The minimum absolute atomic E-state index is 0.246. The second kappa shape index (κ2) is 13.9. The van der Waals surface area contributed by atoms with Gasteiger partial charge in [0.05, 0.1) is 21.9 Å². The van der Waals surface area contributed by atoms with Crippen LogP contribution in [-0.2, 0) is 7.05 Å². The summed E-state index contributed by atoms with van der Waals surface area (Å²) in [5, 5.41) is 15.5. The first kappa shape index (κ1) is 27.5. The van der Waals surface area contributed by atoms with Gasteiger partial charge >= 0.3 is 0 Å². The number of halogens is 2. The van der Waals surface area contributed by atoms with Crippen molar-refractivity contribution in [1.82, 2.24) is 25.4 Å². The fourth-order valence-corrected chi connectivity index (χ4v) is 5.11. The molecule has 2 aromatic carbocycles. The molecule has 0 amide bonds. The lowest BCUT2D eigenvalue weighted by molar-refractivity contribution is 0.412. The van der Waals surface area contributed by atoms with Crippen LogP contribution in [0.3, 0.4) is 0 Å². The van der Waals surface area contributed by atoms with Gasteiger partial charge in [-0.1, -0.05) is 53.5 Å². The second-order valence-corrected chi connectivity index (χ2v) is 11.4. The zero-order valence-corrected chi connectivity index (χ0v) is 23.1. The Labute approximate surface area is 221 Å². The van der Waals surface area contributed by atoms with Gasteiger partial charge < -0.3 is 15.6 Å². The fourth-order valence-electron chi connectivity index (χ4n) is 3.88. The molecule has 0 saturated carbocycles. The number of rotatable bonds is 3. The van der Waals surface area contributed by atoms with Crippen LogP contribution in [-0.4, -0.2) is 58.8 Å². The summed E-state index contributed by atoms with van der Waals surface area (Å²) in [5.41, 5.74) is 4.10.